The second-order valence-electron chi connectivity index (χ2n) is 9.60. The standard InChI is InChI=1S/C23H32N6O3S/c1-15(2)28-13-19(14-28)29(18-11-24-27(3)12-18)33(31,32)26-23(30)25-22-20-8-4-6-16(20)10-17-7-5-9-21(17)22/h10-12,15,19H,4-9,13-14H2,1-3H3,(H2,25,26,30)/p-1. The van der Waals surface area contributed by atoms with Crippen LogP contribution in [0.2, 0.25) is 0 Å². The first kappa shape index (κ1) is 22.2. The Balaban J connectivity index is 1.45. The number of anilines is 2. The van der Waals surface area contributed by atoms with Crippen LogP contribution >= 0.6 is 0 Å². The number of hydrogen-bond acceptors (Lipinski definition) is 5. The van der Waals surface area contributed by atoms with Gasteiger partial charge in [-0.1, -0.05) is 6.07 Å². The van der Waals surface area contributed by atoms with Gasteiger partial charge >= 0.3 is 10.2 Å². The fraction of sp³-hybridized carbons (Fsp3) is 0.565. The maximum absolute atomic E-state index is 13.4. The summed E-state index contributed by atoms with van der Waals surface area (Å²) in [5, 5.41) is 20.0. The van der Waals surface area contributed by atoms with E-state index < -0.39 is 16.2 Å². The van der Waals surface area contributed by atoms with Crippen molar-refractivity contribution in [3.05, 3.63) is 40.7 Å². The van der Waals surface area contributed by atoms with E-state index in [0.29, 0.717) is 24.8 Å². The molecular formula is C23H31N6O3S-. The first-order valence-corrected chi connectivity index (χ1v) is 13.1. The summed E-state index contributed by atoms with van der Waals surface area (Å²) in [7, 11) is -2.52. The molecular weight excluding hydrogens is 440 g/mol. The van der Waals surface area contributed by atoms with Gasteiger partial charge in [-0.3, -0.25) is 9.58 Å². The number of likely N-dealkylation sites (tertiary alicyclic amines) is 1. The van der Waals surface area contributed by atoms with Gasteiger partial charge in [0.1, 0.15) is 0 Å². The molecule has 1 aliphatic heterocycles. The van der Waals surface area contributed by atoms with Crippen LogP contribution in [0.15, 0.2) is 22.9 Å². The van der Waals surface area contributed by atoms with Crippen molar-refractivity contribution in [2.45, 2.75) is 64.5 Å². The summed E-state index contributed by atoms with van der Waals surface area (Å²) in [5.74, 6) is 0. The van der Waals surface area contributed by atoms with Crippen LogP contribution in [0.1, 0.15) is 48.9 Å². The normalized spacial score (nSPS) is 19.0. The summed E-state index contributed by atoms with van der Waals surface area (Å²) in [6.07, 6.45) is 9.06. The number of aromatic nitrogens is 2. The van der Waals surface area contributed by atoms with Crippen molar-refractivity contribution < 1.29 is 13.5 Å². The van der Waals surface area contributed by atoms with Crippen molar-refractivity contribution in [3.8, 4) is 0 Å². The lowest BCUT2D eigenvalue weighted by molar-refractivity contribution is -0.213. The van der Waals surface area contributed by atoms with Gasteiger partial charge in [0.25, 0.3) is 0 Å². The zero-order valence-corrected chi connectivity index (χ0v) is 20.2. The van der Waals surface area contributed by atoms with Gasteiger partial charge in [-0.2, -0.15) is 13.5 Å². The third kappa shape index (κ3) is 4.10. The molecule has 0 atom stereocenters. The van der Waals surface area contributed by atoms with E-state index in [1.54, 1.807) is 17.9 Å². The van der Waals surface area contributed by atoms with Crippen molar-refractivity contribution >= 4 is 27.6 Å². The topological polar surface area (TPSA) is 106 Å². The van der Waals surface area contributed by atoms with E-state index >= 15 is 0 Å². The third-order valence-electron chi connectivity index (χ3n) is 7.05. The molecule has 1 saturated heterocycles. The van der Waals surface area contributed by atoms with Crippen LogP contribution in [0.25, 0.3) is 0 Å². The fourth-order valence-electron chi connectivity index (χ4n) is 5.36. The van der Waals surface area contributed by atoms with Gasteiger partial charge in [-0.25, -0.2) is 4.31 Å². The highest BCUT2D eigenvalue weighted by atomic mass is 32.2. The molecule has 9 nitrogen and oxygen atoms in total. The molecule has 2 heterocycles. The van der Waals surface area contributed by atoms with Crippen molar-refractivity contribution in [2.24, 2.45) is 11.4 Å². The van der Waals surface area contributed by atoms with Crippen molar-refractivity contribution in [3.63, 3.8) is 0 Å². The van der Waals surface area contributed by atoms with Crippen molar-refractivity contribution in [1.29, 1.82) is 0 Å². The first-order chi connectivity index (χ1) is 15.7. The van der Waals surface area contributed by atoms with Gasteiger partial charge < -0.3 is 10.4 Å². The van der Waals surface area contributed by atoms with E-state index in [2.05, 4.69) is 39.6 Å². The second kappa shape index (κ2) is 8.32. The fourth-order valence-corrected chi connectivity index (χ4v) is 6.57. The lowest BCUT2D eigenvalue weighted by Crippen LogP contribution is -2.62. The van der Waals surface area contributed by atoms with Gasteiger partial charge in [0.15, 0.2) is 0 Å². The summed E-state index contributed by atoms with van der Waals surface area (Å²) in [5.41, 5.74) is 6.05. The predicted molar refractivity (Wildman–Crippen MR) is 127 cm³/mol. The highest BCUT2D eigenvalue weighted by Gasteiger charge is 2.40. The zero-order valence-electron chi connectivity index (χ0n) is 19.4. The van der Waals surface area contributed by atoms with E-state index in [4.69, 9.17) is 0 Å². The number of aryl methyl sites for hydroxylation is 3. The number of fused-ring (bicyclic) bond motifs is 2. The van der Waals surface area contributed by atoms with Crippen LogP contribution in [0, 0.1) is 0 Å². The van der Waals surface area contributed by atoms with Crippen molar-refractivity contribution in [2.75, 3.05) is 22.7 Å². The molecule has 0 radical (unpaired) electrons. The number of benzene rings is 1. The van der Waals surface area contributed by atoms with Gasteiger partial charge in [-0.15, -0.1) is 4.40 Å². The van der Waals surface area contributed by atoms with Crippen LogP contribution in [-0.2, 0) is 42.9 Å². The SMILES string of the molecule is CC(C)N1CC(N(c2cnn(C)c2)S(=O)(=O)/N=C(\[O-])Nc2c3c(cc4c2CCC4)CCC3)C1. The minimum absolute atomic E-state index is 0.289. The van der Waals surface area contributed by atoms with Gasteiger partial charge in [0.05, 0.1) is 23.9 Å². The molecule has 33 heavy (non-hydrogen) atoms. The number of hydrogen-bond donors (Lipinski definition) is 1. The Morgan fingerprint density at radius 3 is 2.36 bits per heavy atom. The van der Waals surface area contributed by atoms with Gasteiger partial charge in [-0.05, 0) is 74.6 Å². The summed E-state index contributed by atoms with van der Waals surface area (Å²) in [6.45, 7) is 5.33. The lowest BCUT2D eigenvalue weighted by atomic mass is 9.99. The predicted octanol–water partition coefficient (Wildman–Crippen LogP) is 1.37. The third-order valence-corrected chi connectivity index (χ3v) is 8.45. The Hall–Kier alpha value is -2.59. The van der Waals surface area contributed by atoms with E-state index in [-0.39, 0.29) is 6.04 Å². The van der Waals surface area contributed by atoms with Crippen LogP contribution < -0.4 is 14.7 Å². The molecule has 1 aromatic heterocycles. The van der Waals surface area contributed by atoms with Crippen LogP contribution in [0.3, 0.4) is 0 Å². The summed E-state index contributed by atoms with van der Waals surface area (Å²) < 4.78 is 33.2. The molecule has 1 N–H and O–H groups in total. The molecule has 1 fully saturated rings. The molecule has 2 aromatic rings. The quantitative estimate of drug-likeness (QED) is 0.504. The summed E-state index contributed by atoms with van der Waals surface area (Å²) in [4.78, 5) is 2.18. The minimum Gasteiger partial charge on any atom is -0.845 e. The molecule has 3 aliphatic rings. The largest absolute Gasteiger partial charge is 0.845 e. The summed E-state index contributed by atoms with van der Waals surface area (Å²) in [6, 6.07) is 1.47. The molecule has 1 aromatic carbocycles. The molecule has 0 saturated carbocycles. The zero-order chi connectivity index (χ0) is 23.3. The maximum atomic E-state index is 13.4. The molecule has 10 heteroatoms. The Labute approximate surface area is 195 Å². The molecule has 0 amide bonds. The van der Waals surface area contributed by atoms with E-state index in [1.165, 1.54) is 21.6 Å². The van der Waals surface area contributed by atoms with Crippen molar-refractivity contribution in [1.82, 2.24) is 14.7 Å². The van der Waals surface area contributed by atoms with Crippen LogP contribution in [0.4, 0.5) is 11.4 Å². The molecule has 2 aliphatic carbocycles. The number of amidine groups is 1. The number of nitrogens with zero attached hydrogens (tertiary/aromatic N) is 5. The average Bonchev–Trinajstić information content (AvgIpc) is 3.43. The Kier molecular flexibility index (Phi) is 5.60. The molecule has 0 spiro atoms. The Morgan fingerprint density at radius 1 is 1.18 bits per heavy atom. The smallest absolute Gasteiger partial charge is 0.345 e. The average molecular weight is 472 g/mol. The van der Waals surface area contributed by atoms with Crippen LogP contribution in [-0.4, -0.2) is 54.3 Å². The van der Waals surface area contributed by atoms with E-state index in [9.17, 15) is 13.5 Å². The van der Waals surface area contributed by atoms with E-state index in [0.717, 1.165) is 55.3 Å². The molecule has 0 bridgehead atoms. The monoisotopic (exact) mass is 471 g/mol. The lowest BCUT2D eigenvalue weighted by Gasteiger charge is -2.46. The number of nitrogens with one attached hydrogen (secondary N) is 1. The van der Waals surface area contributed by atoms with E-state index in [1.807, 2.05) is 0 Å². The Morgan fingerprint density at radius 2 is 1.82 bits per heavy atom. The Bertz CT molecular complexity index is 1160. The highest BCUT2D eigenvalue weighted by Crippen LogP contribution is 2.38. The second-order valence-corrected chi connectivity index (χ2v) is 11.1. The van der Waals surface area contributed by atoms with Crippen LogP contribution in [0.5, 0.6) is 0 Å². The first-order valence-electron chi connectivity index (χ1n) is 11.7. The maximum Gasteiger partial charge on any atom is 0.345 e. The minimum atomic E-state index is -4.25. The summed E-state index contributed by atoms with van der Waals surface area (Å²) >= 11 is 0. The van der Waals surface area contributed by atoms with Gasteiger partial charge in [0.2, 0.25) is 0 Å². The molecule has 178 valence electrons. The molecule has 0 unspecified atom stereocenters. The van der Waals surface area contributed by atoms with Gasteiger partial charge in [0, 0.05) is 38.1 Å². The number of rotatable bonds is 6. The molecule has 5 rings (SSSR count). The highest BCUT2D eigenvalue weighted by molar-refractivity contribution is 7.91.